The topological polar surface area (TPSA) is 103 Å². The van der Waals surface area contributed by atoms with E-state index in [-0.39, 0.29) is 24.0 Å². The molecule has 0 aliphatic heterocycles. The first kappa shape index (κ1) is 17.2. The molecule has 0 aliphatic rings. The molecule has 3 N–H and O–H groups in total. The summed E-state index contributed by atoms with van der Waals surface area (Å²) in [6.45, 7) is -0.0425. The third-order valence-electron chi connectivity index (χ3n) is 3.28. The van der Waals surface area contributed by atoms with Gasteiger partial charge >= 0.3 is 0 Å². The average molecular weight is 373 g/mol. The maximum atomic E-state index is 11.9. The Morgan fingerprint density at radius 2 is 1.96 bits per heavy atom. The normalized spacial score (nSPS) is 10.6. The second-order valence-corrected chi connectivity index (χ2v) is 6.90. The van der Waals surface area contributed by atoms with Gasteiger partial charge in [-0.2, -0.15) is 0 Å². The van der Waals surface area contributed by atoms with Gasteiger partial charge in [-0.3, -0.25) is 9.59 Å². The molecular weight excluding hydrogens is 358 g/mol. The second kappa shape index (κ2) is 7.95. The average Bonchev–Trinajstić information content (AvgIpc) is 3.28. The van der Waals surface area contributed by atoms with E-state index in [0.717, 1.165) is 4.88 Å². The predicted molar refractivity (Wildman–Crippen MR) is 98.0 cm³/mol. The number of nitrogen functional groups attached to an aromatic ring is 1. The standard InChI is InChI=1S/C16H15N5O2S2/c17-21-15(13-7-4-8-24-13)19-20-16(21)25-10-14(23)18-9-12(22)11-5-2-1-3-6-11/h1-8H,9-10,17H2,(H,18,23). The zero-order valence-electron chi connectivity index (χ0n) is 13.1. The summed E-state index contributed by atoms with van der Waals surface area (Å²) in [6, 6.07) is 12.6. The van der Waals surface area contributed by atoms with Crippen LogP contribution in [0.15, 0.2) is 53.0 Å². The van der Waals surface area contributed by atoms with Crippen LogP contribution in [-0.2, 0) is 4.79 Å². The quantitative estimate of drug-likeness (QED) is 0.372. The minimum absolute atomic E-state index is 0.0425. The number of benzene rings is 1. The Kier molecular flexibility index (Phi) is 5.46. The molecule has 0 radical (unpaired) electrons. The first-order valence-electron chi connectivity index (χ1n) is 7.37. The van der Waals surface area contributed by atoms with Gasteiger partial charge in [-0.05, 0) is 11.4 Å². The zero-order valence-corrected chi connectivity index (χ0v) is 14.7. The van der Waals surface area contributed by atoms with Crippen LogP contribution in [0.4, 0.5) is 0 Å². The van der Waals surface area contributed by atoms with Gasteiger partial charge in [0.2, 0.25) is 11.1 Å². The Morgan fingerprint density at radius 3 is 2.68 bits per heavy atom. The van der Waals surface area contributed by atoms with Gasteiger partial charge in [0.05, 0.1) is 17.2 Å². The zero-order chi connectivity index (χ0) is 17.6. The highest BCUT2D eigenvalue weighted by atomic mass is 32.2. The van der Waals surface area contributed by atoms with E-state index < -0.39 is 0 Å². The molecule has 7 nitrogen and oxygen atoms in total. The molecule has 0 spiro atoms. The van der Waals surface area contributed by atoms with Gasteiger partial charge in [-0.25, -0.2) is 4.68 Å². The van der Waals surface area contributed by atoms with E-state index in [1.807, 2.05) is 23.6 Å². The van der Waals surface area contributed by atoms with Crippen molar-refractivity contribution in [1.29, 1.82) is 0 Å². The lowest BCUT2D eigenvalue weighted by Gasteiger charge is -2.05. The first-order chi connectivity index (χ1) is 12.1. The number of thiophene rings is 1. The fraction of sp³-hybridized carbons (Fsp3) is 0.125. The molecule has 0 unspecified atom stereocenters. The van der Waals surface area contributed by atoms with E-state index in [1.165, 1.54) is 27.8 Å². The molecule has 1 amide bonds. The molecule has 3 aromatic rings. The molecule has 1 aromatic carbocycles. The van der Waals surface area contributed by atoms with Gasteiger partial charge < -0.3 is 11.2 Å². The number of carbonyl (C=O) groups is 2. The van der Waals surface area contributed by atoms with Gasteiger partial charge in [0, 0.05) is 5.56 Å². The largest absolute Gasteiger partial charge is 0.348 e. The number of thioether (sulfide) groups is 1. The van der Waals surface area contributed by atoms with Gasteiger partial charge in [0.25, 0.3) is 0 Å². The van der Waals surface area contributed by atoms with Crippen molar-refractivity contribution >= 4 is 34.8 Å². The molecule has 3 rings (SSSR count). The summed E-state index contributed by atoms with van der Waals surface area (Å²) >= 11 is 2.67. The van der Waals surface area contributed by atoms with Gasteiger partial charge in [-0.15, -0.1) is 21.5 Å². The molecule has 0 saturated heterocycles. The molecule has 25 heavy (non-hydrogen) atoms. The summed E-state index contributed by atoms with van der Waals surface area (Å²) in [7, 11) is 0. The van der Waals surface area contributed by atoms with Crippen LogP contribution in [0.1, 0.15) is 10.4 Å². The molecule has 0 atom stereocenters. The Labute approximate surface area is 152 Å². The van der Waals surface area contributed by atoms with Crippen LogP contribution in [-0.4, -0.2) is 38.9 Å². The van der Waals surface area contributed by atoms with E-state index in [4.69, 9.17) is 5.84 Å². The predicted octanol–water partition coefficient (Wildman–Crippen LogP) is 1.81. The van der Waals surface area contributed by atoms with E-state index in [2.05, 4.69) is 15.5 Å². The number of rotatable bonds is 7. The summed E-state index contributed by atoms with van der Waals surface area (Å²) in [6.07, 6.45) is 0. The highest BCUT2D eigenvalue weighted by Gasteiger charge is 2.15. The van der Waals surface area contributed by atoms with Crippen molar-refractivity contribution in [3.63, 3.8) is 0 Å². The minimum Gasteiger partial charge on any atom is -0.348 e. The second-order valence-electron chi connectivity index (χ2n) is 5.01. The van der Waals surface area contributed by atoms with Crippen molar-refractivity contribution in [2.45, 2.75) is 5.16 Å². The lowest BCUT2D eigenvalue weighted by Crippen LogP contribution is -2.31. The molecule has 0 bridgehead atoms. The summed E-state index contributed by atoms with van der Waals surface area (Å²) < 4.78 is 1.36. The molecular formula is C16H15N5O2S2. The number of nitrogens with zero attached hydrogens (tertiary/aromatic N) is 3. The lowest BCUT2D eigenvalue weighted by atomic mass is 10.1. The highest BCUT2D eigenvalue weighted by molar-refractivity contribution is 7.99. The first-order valence-corrected chi connectivity index (χ1v) is 9.24. The van der Waals surface area contributed by atoms with Crippen LogP contribution in [0, 0.1) is 0 Å². The number of ketones is 1. The van der Waals surface area contributed by atoms with Crippen molar-refractivity contribution in [2.75, 3.05) is 18.1 Å². The molecule has 2 aromatic heterocycles. The number of amides is 1. The van der Waals surface area contributed by atoms with Crippen LogP contribution >= 0.6 is 23.1 Å². The molecule has 0 fully saturated rings. The maximum Gasteiger partial charge on any atom is 0.230 e. The lowest BCUT2D eigenvalue weighted by molar-refractivity contribution is -0.118. The minimum atomic E-state index is -0.269. The van der Waals surface area contributed by atoms with E-state index in [0.29, 0.717) is 16.5 Å². The molecule has 128 valence electrons. The van der Waals surface area contributed by atoms with Gasteiger partial charge in [-0.1, -0.05) is 48.2 Å². The van der Waals surface area contributed by atoms with E-state index in [1.54, 1.807) is 24.3 Å². The van der Waals surface area contributed by atoms with Crippen molar-refractivity contribution in [1.82, 2.24) is 20.2 Å². The SMILES string of the molecule is Nn1c(SCC(=O)NCC(=O)c2ccccc2)nnc1-c1cccs1. The summed E-state index contributed by atoms with van der Waals surface area (Å²) in [5.74, 6) is 6.22. The number of aromatic nitrogens is 3. The number of Topliss-reactive ketones (excluding diaryl/α,β-unsaturated/α-hetero) is 1. The number of nitrogens with one attached hydrogen (secondary N) is 1. The Hall–Kier alpha value is -2.65. The van der Waals surface area contributed by atoms with Crippen molar-refractivity contribution in [3.05, 3.63) is 53.4 Å². The number of carbonyl (C=O) groups excluding carboxylic acids is 2. The van der Waals surface area contributed by atoms with Crippen LogP contribution in [0.3, 0.4) is 0 Å². The van der Waals surface area contributed by atoms with Crippen molar-refractivity contribution in [3.8, 4) is 10.7 Å². The molecule has 9 heteroatoms. The van der Waals surface area contributed by atoms with Gasteiger partial charge in [0.1, 0.15) is 0 Å². The third kappa shape index (κ3) is 4.25. The van der Waals surface area contributed by atoms with Crippen molar-refractivity contribution in [2.24, 2.45) is 0 Å². The van der Waals surface area contributed by atoms with E-state index >= 15 is 0 Å². The molecule has 0 aliphatic carbocycles. The number of nitrogens with two attached hydrogens (primary N) is 1. The summed E-state index contributed by atoms with van der Waals surface area (Å²) in [4.78, 5) is 24.8. The fourth-order valence-corrected chi connectivity index (χ4v) is 3.43. The van der Waals surface area contributed by atoms with Crippen molar-refractivity contribution < 1.29 is 9.59 Å². The Morgan fingerprint density at radius 1 is 1.16 bits per heavy atom. The Bertz CT molecular complexity index is 862. The Balaban J connectivity index is 1.50. The fourth-order valence-electron chi connectivity index (χ4n) is 2.04. The maximum absolute atomic E-state index is 11.9. The number of hydrogen-bond donors (Lipinski definition) is 2. The van der Waals surface area contributed by atoms with Crippen LogP contribution in [0.2, 0.25) is 0 Å². The monoisotopic (exact) mass is 373 g/mol. The van der Waals surface area contributed by atoms with Crippen LogP contribution < -0.4 is 11.2 Å². The number of hydrogen-bond acceptors (Lipinski definition) is 7. The molecule has 2 heterocycles. The summed E-state index contributed by atoms with van der Waals surface area (Å²) in [5.41, 5.74) is 0.567. The summed E-state index contributed by atoms with van der Waals surface area (Å²) in [5, 5.41) is 13.0. The van der Waals surface area contributed by atoms with E-state index in [9.17, 15) is 9.59 Å². The molecule has 0 saturated carbocycles. The third-order valence-corrected chi connectivity index (χ3v) is 5.09. The van der Waals surface area contributed by atoms with Gasteiger partial charge in [0.15, 0.2) is 11.6 Å². The highest BCUT2D eigenvalue weighted by Crippen LogP contribution is 2.24. The van der Waals surface area contributed by atoms with Crippen LogP contribution in [0.25, 0.3) is 10.7 Å². The smallest absolute Gasteiger partial charge is 0.230 e. The van der Waals surface area contributed by atoms with Crippen LogP contribution in [0.5, 0.6) is 0 Å².